The Morgan fingerprint density at radius 2 is 1.91 bits per heavy atom. The van der Waals surface area contributed by atoms with Crippen LogP contribution in [0.1, 0.15) is 20.9 Å². The molecule has 2 fully saturated rings. The van der Waals surface area contributed by atoms with Crippen LogP contribution in [-0.2, 0) is 17.3 Å². The van der Waals surface area contributed by atoms with Gasteiger partial charge in [0.15, 0.2) is 0 Å². The van der Waals surface area contributed by atoms with Crippen molar-refractivity contribution in [3.63, 3.8) is 0 Å². The first kappa shape index (κ1) is 22.4. The largest absolute Gasteiger partial charge is 0.491 e. The number of amides is 1. The third-order valence-electron chi connectivity index (χ3n) is 6.99. The Balaban J connectivity index is 1.15. The van der Waals surface area contributed by atoms with Crippen molar-refractivity contribution in [2.24, 2.45) is 11.8 Å². The molecular weight excluding hydrogens is 481 g/mol. The maximum atomic E-state index is 13.0. The Hall–Kier alpha value is -3.05. The molecule has 7 nitrogen and oxygen atoms in total. The van der Waals surface area contributed by atoms with Crippen molar-refractivity contribution in [2.45, 2.75) is 18.6 Å². The summed E-state index contributed by atoms with van der Waals surface area (Å²) in [5.74, 6) is 1.54. The number of hydrogen-bond donors (Lipinski definition) is 2. The number of nitrogens with zero attached hydrogens (tertiary/aromatic N) is 2. The Kier molecular flexibility index (Phi) is 5.29. The summed E-state index contributed by atoms with van der Waals surface area (Å²) in [5, 5.41) is 3.25. The van der Waals surface area contributed by atoms with Crippen LogP contribution in [0.4, 0.5) is 24.5 Å². The van der Waals surface area contributed by atoms with Crippen LogP contribution in [0, 0.1) is 11.8 Å². The molecule has 6 rings (SSSR count). The van der Waals surface area contributed by atoms with Crippen LogP contribution in [0.25, 0.3) is 10.2 Å². The molecule has 3 aromatic rings. The molecule has 0 radical (unpaired) electrons. The molecule has 35 heavy (non-hydrogen) atoms. The fraction of sp³-hybridized carbons (Fsp3) is 0.417. The average Bonchev–Trinajstić information content (AvgIpc) is 3.52. The SMILES string of the molecule is Nc1c(C(=O)N[C@H]2COc3cc(N4CC5COCC5C4)ccc3C2)sc2nc(C(F)(F)F)ccc12. The molecule has 3 atom stereocenters. The van der Waals surface area contributed by atoms with Gasteiger partial charge in [-0.1, -0.05) is 6.07 Å². The molecule has 1 amide bonds. The second-order valence-corrected chi connectivity index (χ2v) is 10.3. The van der Waals surface area contributed by atoms with Gasteiger partial charge >= 0.3 is 6.18 Å². The number of nitrogens with two attached hydrogens (primary N) is 1. The van der Waals surface area contributed by atoms with Gasteiger partial charge in [0, 0.05) is 42.1 Å². The first-order valence-corrected chi connectivity index (χ1v) is 12.2. The summed E-state index contributed by atoms with van der Waals surface area (Å²) in [7, 11) is 0. The number of halogens is 3. The van der Waals surface area contributed by atoms with Crippen LogP contribution >= 0.6 is 11.3 Å². The van der Waals surface area contributed by atoms with E-state index in [-0.39, 0.29) is 21.4 Å². The predicted molar refractivity (Wildman–Crippen MR) is 126 cm³/mol. The first-order valence-electron chi connectivity index (χ1n) is 11.4. The summed E-state index contributed by atoms with van der Waals surface area (Å²) < 4.78 is 50.5. The lowest BCUT2D eigenvalue weighted by atomic mass is 10.0. The summed E-state index contributed by atoms with van der Waals surface area (Å²) in [6, 6.07) is 8.02. The number of fused-ring (bicyclic) bond motifs is 3. The zero-order chi connectivity index (χ0) is 24.3. The second-order valence-electron chi connectivity index (χ2n) is 9.33. The van der Waals surface area contributed by atoms with E-state index in [4.69, 9.17) is 15.2 Å². The lowest BCUT2D eigenvalue weighted by Gasteiger charge is -2.28. The fourth-order valence-corrected chi connectivity index (χ4v) is 6.12. The number of alkyl halides is 3. The van der Waals surface area contributed by atoms with Crippen LogP contribution in [-0.4, -0.2) is 49.8 Å². The smallest absolute Gasteiger partial charge is 0.433 e. The van der Waals surface area contributed by atoms with Crippen LogP contribution < -0.4 is 20.7 Å². The third-order valence-corrected chi connectivity index (χ3v) is 8.10. The van der Waals surface area contributed by atoms with E-state index in [1.165, 1.54) is 6.07 Å². The molecule has 0 spiro atoms. The minimum atomic E-state index is -4.57. The van der Waals surface area contributed by atoms with Crippen molar-refractivity contribution in [3.05, 3.63) is 46.5 Å². The van der Waals surface area contributed by atoms with Crippen LogP contribution in [0.15, 0.2) is 30.3 Å². The maximum absolute atomic E-state index is 13.0. The van der Waals surface area contributed by atoms with Crippen LogP contribution in [0.3, 0.4) is 0 Å². The Morgan fingerprint density at radius 3 is 2.66 bits per heavy atom. The number of benzene rings is 1. The minimum absolute atomic E-state index is 0.0814. The van der Waals surface area contributed by atoms with Crippen molar-refractivity contribution >= 4 is 38.8 Å². The highest BCUT2D eigenvalue weighted by molar-refractivity contribution is 7.21. The van der Waals surface area contributed by atoms with E-state index in [1.807, 2.05) is 6.07 Å². The molecule has 0 saturated carbocycles. The number of pyridine rings is 1. The van der Waals surface area contributed by atoms with Gasteiger partial charge in [-0.3, -0.25) is 4.79 Å². The number of ether oxygens (including phenoxy) is 2. The number of hydrogen-bond acceptors (Lipinski definition) is 7. The summed E-state index contributed by atoms with van der Waals surface area (Å²) in [4.78, 5) is 19.2. The van der Waals surface area contributed by atoms with E-state index in [0.717, 1.165) is 60.7 Å². The van der Waals surface area contributed by atoms with Gasteiger partial charge in [-0.15, -0.1) is 11.3 Å². The lowest BCUT2D eigenvalue weighted by Crippen LogP contribution is -2.42. The van der Waals surface area contributed by atoms with Gasteiger partial charge in [-0.25, -0.2) is 4.98 Å². The average molecular weight is 505 g/mol. The number of aromatic nitrogens is 1. The van der Waals surface area contributed by atoms with Crippen molar-refractivity contribution < 1.29 is 27.4 Å². The summed E-state index contributed by atoms with van der Waals surface area (Å²) in [6.45, 7) is 3.92. The van der Waals surface area contributed by atoms with Crippen molar-refractivity contribution in [1.29, 1.82) is 0 Å². The standard InChI is InChI=1S/C24H23F3N4O3S/c25-24(26,27)19-4-3-17-20(28)21(35-23(17)30-19)22(32)29-15-5-12-1-2-16(6-18(12)34-11-15)31-7-13-9-33-10-14(13)8-31/h1-4,6,13-15H,5,7-11,28H2,(H,29,32)/t13?,14?,15-/m1/s1. The molecule has 1 aromatic carbocycles. The number of rotatable bonds is 3. The van der Waals surface area contributed by atoms with Crippen LogP contribution in [0.2, 0.25) is 0 Å². The molecule has 2 unspecified atom stereocenters. The molecule has 0 bridgehead atoms. The molecule has 11 heteroatoms. The van der Waals surface area contributed by atoms with E-state index in [9.17, 15) is 18.0 Å². The van der Waals surface area contributed by atoms with Gasteiger partial charge in [0.25, 0.3) is 5.91 Å². The van der Waals surface area contributed by atoms with Crippen molar-refractivity contribution in [3.8, 4) is 5.75 Å². The number of carbonyl (C=O) groups excluding carboxylic acids is 1. The normalized spacial score (nSPS) is 23.7. The monoisotopic (exact) mass is 504 g/mol. The minimum Gasteiger partial charge on any atom is -0.491 e. The van der Waals surface area contributed by atoms with Gasteiger partial charge < -0.3 is 25.4 Å². The molecule has 2 aromatic heterocycles. The van der Waals surface area contributed by atoms with E-state index in [2.05, 4.69) is 27.3 Å². The van der Waals surface area contributed by atoms with Gasteiger partial charge in [0.1, 0.15) is 27.8 Å². The molecular formula is C24H23F3N4O3S. The summed E-state index contributed by atoms with van der Waals surface area (Å²) in [5.41, 5.74) is 7.32. The third kappa shape index (κ3) is 4.06. The fourth-order valence-electron chi connectivity index (χ4n) is 5.12. The quantitative estimate of drug-likeness (QED) is 0.565. The molecule has 2 saturated heterocycles. The van der Waals surface area contributed by atoms with Crippen molar-refractivity contribution in [2.75, 3.05) is 43.5 Å². The first-order chi connectivity index (χ1) is 16.8. The Bertz CT molecular complexity index is 1300. The number of thiophene rings is 1. The highest BCUT2D eigenvalue weighted by Gasteiger charge is 2.37. The number of nitrogens with one attached hydrogen (secondary N) is 1. The van der Waals surface area contributed by atoms with Gasteiger partial charge in [-0.2, -0.15) is 13.2 Å². The molecule has 3 N–H and O–H groups in total. The summed E-state index contributed by atoms with van der Waals surface area (Å²) >= 11 is 0.856. The molecule has 0 aliphatic carbocycles. The maximum Gasteiger partial charge on any atom is 0.433 e. The Morgan fingerprint density at radius 1 is 1.14 bits per heavy atom. The van der Waals surface area contributed by atoms with Crippen molar-refractivity contribution in [1.82, 2.24) is 10.3 Å². The zero-order valence-electron chi connectivity index (χ0n) is 18.6. The van der Waals surface area contributed by atoms with E-state index < -0.39 is 17.8 Å². The molecule has 3 aliphatic rings. The summed E-state index contributed by atoms with van der Waals surface area (Å²) in [6.07, 6.45) is -3.98. The molecule has 5 heterocycles. The van der Waals surface area contributed by atoms with Crippen LogP contribution in [0.5, 0.6) is 5.75 Å². The number of nitrogen functional groups attached to an aromatic ring is 1. The van der Waals surface area contributed by atoms with Gasteiger partial charge in [0.05, 0.1) is 24.9 Å². The lowest BCUT2D eigenvalue weighted by molar-refractivity contribution is -0.140. The highest BCUT2D eigenvalue weighted by Crippen LogP contribution is 2.38. The predicted octanol–water partition coefficient (Wildman–Crippen LogP) is 3.71. The zero-order valence-corrected chi connectivity index (χ0v) is 19.4. The topological polar surface area (TPSA) is 89.7 Å². The molecule has 3 aliphatic heterocycles. The number of anilines is 2. The second kappa shape index (κ2) is 8.27. The number of carbonyl (C=O) groups is 1. The van der Waals surface area contributed by atoms with E-state index in [0.29, 0.717) is 30.2 Å². The van der Waals surface area contributed by atoms with Gasteiger partial charge in [0.2, 0.25) is 0 Å². The van der Waals surface area contributed by atoms with Gasteiger partial charge in [-0.05, 0) is 30.2 Å². The highest BCUT2D eigenvalue weighted by atomic mass is 32.1. The Labute approximate surface area is 203 Å². The molecule has 184 valence electrons. The van der Waals surface area contributed by atoms with E-state index >= 15 is 0 Å². The van der Waals surface area contributed by atoms with E-state index in [1.54, 1.807) is 0 Å².